The van der Waals surface area contributed by atoms with E-state index in [0.29, 0.717) is 5.56 Å². The average molecular weight is 236 g/mol. The first-order valence-corrected chi connectivity index (χ1v) is 4.82. The van der Waals surface area contributed by atoms with Gasteiger partial charge in [-0.2, -0.15) is 0 Å². The molecule has 0 atom stereocenters. The van der Waals surface area contributed by atoms with Crippen LogP contribution in [0.1, 0.15) is 5.56 Å². The van der Waals surface area contributed by atoms with Crippen LogP contribution in [0, 0.1) is 0 Å². The molecule has 1 aromatic rings. The minimum absolute atomic E-state index is 0.0761. The Bertz CT molecular complexity index is 491. The number of phenols is 2. The summed E-state index contributed by atoms with van der Waals surface area (Å²) in [6.07, 6.45) is 1.48. The Balaban J connectivity index is 2.36. The van der Waals surface area contributed by atoms with Crippen LogP contribution < -0.4 is 10.6 Å². The van der Waals surface area contributed by atoms with Gasteiger partial charge in [-0.15, -0.1) is 0 Å². The number of carbonyl (C=O) groups is 1. The Kier molecular flexibility index (Phi) is 2.49. The van der Waals surface area contributed by atoms with E-state index >= 15 is 0 Å². The van der Waals surface area contributed by atoms with Crippen molar-refractivity contribution in [3.63, 3.8) is 0 Å². The van der Waals surface area contributed by atoms with E-state index in [4.69, 9.17) is 12.2 Å². The van der Waals surface area contributed by atoms with Crippen LogP contribution in [0.15, 0.2) is 23.9 Å². The van der Waals surface area contributed by atoms with E-state index in [1.807, 2.05) is 0 Å². The summed E-state index contributed by atoms with van der Waals surface area (Å²) in [4.78, 5) is 11.3. The Hall–Kier alpha value is -2.08. The predicted molar refractivity (Wildman–Crippen MR) is 61.6 cm³/mol. The van der Waals surface area contributed by atoms with Gasteiger partial charge < -0.3 is 15.5 Å². The highest BCUT2D eigenvalue weighted by atomic mass is 32.1. The summed E-state index contributed by atoms with van der Waals surface area (Å²) in [7, 11) is 0. The van der Waals surface area contributed by atoms with Gasteiger partial charge in [0.1, 0.15) is 17.2 Å². The zero-order valence-corrected chi connectivity index (χ0v) is 8.84. The van der Waals surface area contributed by atoms with Crippen LogP contribution >= 0.6 is 12.2 Å². The fraction of sp³-hybridized carbons (Fsp3) is 0. The normalized spacial score (nSPS) is 17.4. The van der Waals surface area contributed by atoms with E-state index in [1.54, 1.807) is 0 Å². The highest BCUT2D eigenvalue weighted by Crippen LogP contribution is 2.22. The maximum Gasteiger partial charge on any atom is 0.273 e. The van der Waals surface area contributed by atoms with Crippen molar-refractivity contribution in [1.29, 1.82) is 0 Å². The molecule has 1 saturated heterocycles. The number of hydrogen-bond donors (Lipinski definition) is 4. The van der Waals surface area contributed by atoms with E-state index in [1.165, 1.54) is 24.3 Å². The number of aromatic hydroxyl groups is 2. The summed E-state index contributed by atoms with van der Waals surface area (Å²) < 4.78 is 0. The molecule has 2 rings (SSSR count). The number of phenolic OH excluding ortho intramolecular Hbond substituents is 2. The molecule has 1 fully saturated rings. The van der Waals surface area contributed by atoms with E-state index in [9.17, 15) is 15.0 Å². The highest BCUT2D eigenvalue weighted by molar-refractivity contribution is 7.80. The lowest BCUT2D eigenvalue weighted by Crippen LogP contribution is -2.21. The molecule has 0 bridgehead atoms. The second kappa shape index (κ2) is 3.82. The van der Waals surface area contributed by atoms with Crippen LogP contribution in [0.4, 0.5) is 0 Å². The van der Waals surface area contributed by atoms with Gasteiger partial charge in [-0.05, 0) is 36.0 Å². The number of carbonyl (C=O) groups excluding carboxylic acids is 1. The molecule has 6 heteroatoms. The van der Waals surface area contributed by atoms with Gasteiger partial charge in [-0.3, -0.25) is 10.1 Å². The Labute approximate surface area is 96.4 Å². The van der Waals surface area contributed by atoms with Crippen molar-refractivity contribution in [2.45, 2.75) is 0 Å². The topological polar surface area (TPSA) is 81.6 Å². The van der Waals surface area contributed by atoms with Gasteiger partial charge in [0.25, 0.3) is 5.91 Å². The molecule has 0 aromatic heterocycles. The summed E-state index contributed by atoms with van der Waals surface area (Å²) in [6, 6.07) is 4.04. The van der Waals surface area contributed by atoms with Crippen LogP contribution in [0.25, 0.3) is 6.08 Å². The Morgan fingerprint density at radius 2 is 1.75 bits per heavy atom. The van der Waals surface area contributed by atoms with Gasteiger partial charge in [0.05, 0.1) is 0 Å². The maximum atomic E-state index is 11.3. The number of amides is 1. The van der Waals surface area contributed by atoms with Crippen molar-refractivity contribution >= 4 is 29.3 Å². The minimum Gasteiger partial charge on any atom is -0.508 e. The first kappa shape index (κ1) is 10.4. The minimum atomic E-state index is -0.340. The largest absolute Gasteiger partial charge is 0.508 e. The molecule has 1 aliphatic rings. The fourth-order valence-corrected chi connectivity index (χ4v) is 1.55. The lowest BCUT2D eigenvalue weighted by molar-refractivity contribution is -0.115. The summed E-state index contributed by atoms with van der Waals surface area (Å²) in [5.41, 5.74) is 0.773. The zero-order chi connectivity index (χ0) is 11.7. The monoisotopic (exact) mass is 236 g/mol. The second-order valence-corrected chi connectivity index (χ2v) is 3.66. The molecule has 0 aliphatic carbocycles. The smallest absolute Gasteiger partial charge is 0.273 e. The van der Waals surface area contributed by atoms with Crippen LogP contribution in [-0.2, 0) is 4.79 Å². The fourth-order valence-electron chi connectivity index (χ4n) is 1.35. The first-order valence-electron chi connectivity index (χ1n) is 4.41. The third-order valence-corrected chi connectivity index (χ3v) is 2.16. The van der Waals surface area contributed by atoms with Gasteiger partial charge >= 0.3 is 0 Å². The second-order valence-electron chi connectivity index (χ2n) is 3.25. The molecule has 0 saturated carbocycles. The van der Waals surface area contributed by atoms with Crippen molar-refractivity contribution in [1.82, 2.24) is 10.6 Å². The third-order valence-electron chi connectivity index (χ3n) is 1.96. The highest BCUT2D eigenvalue weighted by Gasteiger charge is 2.19. The van der Waals surface area contributed by atoms with E-state index in [2.05, 4.69) is 10.6 Å². The maximum absolute atomic E-state index is 11.3. The molecule has 1 amide bonds. The SMILES string of the molecule is O=C1NC(=S)N/C1=C\c1cc(O)cc(O)c1. The van der Waals surface area contributed by atoms with Crippen molar-refractivity contribution in [3.05, 3.63) is 29.5 Å². The summed E-state index contributed by atoms with van der Waals surface area (Å²) in [5.74, 6) is -0.492. The van der Waals surface area contributed by atoms with Crippen LogP contribution in [0.3, 0.4) is 0 Å². The molecule has 82 valence electrons. The van der Waals surface area contributed by atoms with Crippen molar-refractivity contribution in [2.24, 2.45) is 0 Å². The quantitative estimate of drug-likeness (QED) is 0.420. The number of hydrogen-bond acceptors (Lipinski definition) is 4. The summed E-state index contributed by atoms with van der Waals surface area (Å²) in [5, 5.41) is 23.8. The molecule has 1 aliphatic heterocycles. The van der Waals surface area contributed by atoms with Crippen molar-refractivity contribution in [3.8, 4) is 11.5 Å². The average Bonchev–Trinajstić information content (AvgIpc) is 2.43. The third kappa shape index (κ3) is 2.12. The predicted octanol–water partition coefficient (Wildman–Crippen LogP) is 0.443. The Morgan fingerprint density at radius 1 is 1.12 bits per heavy atom. The van der Waals surface area contributed by atoms with Crippen LogP contribution in [0.5, 0.6) is 11.5 Å². The van der Waals surface area contributed by atoms with Gasteiger partial charge in [0, 0.05) is 6.07 Å². The summed E-state index contributed by atoms with van der Waals surface area (Å²) in [6.45, 7) is 0. The number of benzene rings is 1. The molecule has 1 heterocycles. The van der Waals surface area contributed by atoms with E-state index < -0.39 is 0 Å². The molecule has 16 heavy (non-hydrogen) atoms. The molecular weight excluding hydrogens is 228 g/mol. The van der Waals surface area contributed by atoms with Crippen molar-refractivity contribution < 1.29 is 15.0 Å². The first-order chi connectivity index (χ1) is 7.54. The Morgan fingerprint density at radius 3 is 2.25 bits per heavy atom. The lowest BCUT2D eigenvalue weighted by Gasteiger charge is -1.99. The lowest BCUT2D eigenvalue weighted by atomic mass is 10.1. The molecule has 0 spiro atoms. The van der Waals surface area contributed by atoms with E-state index in [0.717, 1.165) is 0 Å². The van der Waals surface area contributed by atoms with Gasteiger partial charge in [0.2, 0.25) is 0 Å². The molecule has 0 unspecified atom stereocenters. The molecule has 0 radical (unpaired) electrons. The standard InChI is InChI=1S/C10H8N2O3S/c13-6-1-5(2-7(14)4-6)3-8-9(15)12-10(16)11-8/h1-4,13-14H,(H2,11,12,15,16)/b8-3-. The molecule has 4 N–H and O–H groups in total. The van der Waals surface area contributed by atoms with Gasteiger partial charge in [-0.1, -0.05) is 0 Å². The van der Waals surface area contributed by atoms with E-state index in [-0.39, 0.29) is 28.2 Å². The molecule has 1 aromatic carbocycles. The number of thiocarbonyl (C=S) groups is 1. The van der Waals surface area contributed by atoms with Crippen LogP contribution in [-0.4, -0.2) is 21.2 Å². The number of nitrogens with one attached hydrogen (secondary N) is 2. The van der Waals surface area contributed by atoms with Gasteiger partial charge in [-0.25, -0.2) is 0 Å². The summed E-state index contributed by atoms with van der Waals surface area (Å²) >= 11 is 4.76. The number of rotatable bonds is 1. The van der Waals surface area contributed by atoms with Gasteiger partial charge in [0.15, 0.2) is 5.11 Å². The molecular formula is C10H8N2O3S. The van der Waals surface area contributed by atoms with Crippen molar-refractivity contribution in [2.75, 3.05) is 0 Å². The van der Waals surface area contributed by atoms with Crippen LogP contribution in [0.2, 0.25) is 0 Å². The molecule has 5 nitrogen and oxygen atoms in total. The zero-order valence-electron chi connectivity index (χ0n) is 8.02.